The molecule has 1 aromatic rings. The van der Waals surface area contributed by atoms with Crippen molar-refractivity contribution in [3.63, 3.8) is 0 Å². The molecule has 1 atom stereocenters. The third kappa shape index (κ3) is 2.81. The van der Waals surface area contributed by atoms with Crippen LogP contribution in [0.5, 0.6) is 0 Å². The van der Waals surface area contributed by atoms with E-state index in [-0.39, 0.29) is 12.5 Å². The lowest BCUT2D eigenvalue weighted by molar-refractivity contribution is 0.0132. The molecular weight excluding hydrogens is 280 g/mol. The van der Waals surface area contributed by atoms with Crippen LogP contribution in [0.2, 0.25) is 0 Å². The van der Waals surface area contributed by atoms with Crippen molar-refractivity contribution in [2.24, 2.45) is 5.10 Å². The van der Waals surface area contributed by atoms with Crippen molar-refractivity contribution in [3.05, 3.63) is 29.8 Å². The van der Waals surface area contributed by atoms with Gasteiger partial charge in [0.25, 0.3) is 5.91 Å². The number of hydrogen-bond donors (Lipinski definition) is 0. The van der Waals surface area contributed by atoms with Gasteiger partial charge in [-0.3, -0.25) is 9.80 Å². The van der Waals surface area contributed by atoms with Crippen molar-refractivity contribution in [1.29, 1.82) is 5.26 Å². The van der Waals surface area contributed by atoms with E-state index in [0.717, 1.165) is 24.4 Å². The molecule has 0 bridgehead atoms. The van der Waals surface area contributed by atoms with Crippen LogP contribution in [-0.2, 0) is 4.74 Å². The SMILES string of the molecule is CC1=NN(c2ccc(C(=O)N3CCOCC3C#N)cc2)CC1. The van der Waals surface area contributed by atoms with E-state index in [0.29, 0.717) is 18.7 Å². The summed E-state index contributed by atoms with van der Waals surface area (Å²) in [5.74, 6) is -0.123. The van der Waals surface area contributed by atoms with Gasteiger partial charge in [0.1, 0.15) is 6.04 Å². The number of anilines is 1. The van der Waals surface area contributed by atoms with Crippen LogP contribution in [0.1, 0.15) is 23.7 Å². The maximum absolute atomic E-state index is 12.5. The van der Waals surface area contributed by atoms with Crippen LogP contribution >= 0.6 is 0 Å². The number of nitriles is 1. The number of morpholine rings is 1. The minimum atomic E-state index is -0.508. The maximum Gasteiger partial charge on any atom is 0.255 e. The van der Waals surface area contributed by atoms with E-state index in [1.54, 1.807) is 17.0 Å². The molecule has 2 aliphatic heterocycles. The lowest BCUT2D eigenvalue weighted by Gasteiger charge is -2.31. The van der Waals surface area contributed by atoms with Gasteiger partial charge in [0.2, 0.25) is 0 Å². The Bertz CT molecular complexity index is 633. The fraction of sp³-hybridized carbons (Fsp3) is 0.438. The molecule has 2 aliphatic rings. The molecule has 1 saturated heterocycles. The first kappa shape index (κ1) is 14.5. The number of hydrogen-bond acceptors (Lipinski definition) is 5. The molecule has 6 heteroatoms. The molecule has 1 fully saturated rings. The van der Waals surface area contributed by atoms with Gasteiger partial charge in [-0.05, 0) is 31.2 Å². The molecule has 114 valence electrons. The molecule has 0 saturated carbocycles. The highest BCUT2D eigenvalue weighted by Crippen LogP contribution is 2.21. The first-order valence-electron chi connectivity index (χ1n) is 7.39. The van der Waals surface area contributed by atoms with E-state index in [2.05, 4.69) is 11.2 Å². The minimum absolute atomic E-state index is 0.123. The van der Waals surface area contributed by atoms with Gasteiger partial charge < -0.3 is 9.64 Å². The average Bonchev–Trinajstić information content (AvgIpc) is 3.01. The third-order valence-electron chi connectivity index (χ3n) is 3.93. The fourth-order valence-corrected chi connectivity index (χ4v) is 2.66. The predicted octanol–water partition coefficient (Wildman–Crippen LogP) is 1.64. The Morgan fingerprint density at radius 1 is 1.36 bits per heavy atom. The highest BCUT2D eigenvalue weighted by molar-refractivity contribution is 5.95. The summed E-state index contributed by atoms with van der Waals surface area (Å²) in [5, 5.41) is 15.5. The lowest BCUT2D eigenvalue weighted by atomic mass is 10.1. The van der Waals surface area contributed by atoms with E-state index in [1.807, 2.05) is 24.1 Å². The summed E-state index contributed by atoms with van der Waals surface area (Å²) in [6, 6.07) is 9.00. The molecule has 0 aromatic heterocycles. The molecule has 0 N–H and O–H groups in total. The second kappa shape index (κ2) is 6.16. The molecule has 1 amide bonds. The zero-order chi connectivity index (χ0) is 15.5. The Hall–Kier alpha value is -2.39. The molecule has 3 rings (SSSR count). The first-order valence-corrected chi connectivity index (χ1v) is 7.39. The van der Waals surface area contributed by atoms with Crippen molar-refractivity contribution in [2.75, 3.05) is 31.3 Å². The van der Waals surface area contributed by atoms with Gasteiger partial charge in [-0.25, -0.2) is 0 Å². The van der Waals surface area contributed by atoms with Crippen LogP contribution in [0, 0.1) is 11.3 Å². The van der Waals surface area contributed by atoms with Gasteiger partial charge in [-0.15, -0.1) is 0 Å². The van der Waals surface area contributed by atoms with Gasteiger partial charge >= 0.3 is 0 Å². The summed E-state index contributed by atoms with van der Waals surface area (Å²) < 4.78 is 5.25. The van der Waals surface area contributed by atoms with Gasteiger partial charge in [0, 0.05) is 30.8 Å². The van der Waals surface area contributed by atoms with Crippen molar-refractivity contribution in [3.8, 4) is 6.07 Å². The van der Waals surface area contributed by atoms with E-state index in [9.17, 15) is 4.79 Å². The number of hydrazone groups is 1. The van der Waals surface area contributed by atoms with Gasteiger partial charge in [-0.1, -0.05) is 0 Å². The molecule has 6 nitrogen and oxygen atoms in total. The number of nitrogens with zero attached hydrogens (tertiary/aromatic N) is 4. The van der Waals surface area contributed by atoms with E-state index in [1.165, 1.54) is 0 Å². The molecule has 22 heavy (non-hydrogen) atoms. The summed E-state index contributed by atoms with van der Waals surface area (Å²) in [7, 11) is 0. The molecule has 0 spiro atoms. The van der Waals surface area contributed by atoms with Crippen LogP contribution in [-0.4, -0.2) is 48.9 Å². The maximum atomic E-state index is 12.5. The Kier molecular flexibility index (Phi) is 4.07. The minimum Gasteiger partial charge on any atom is -0.376 e. The molecule has 0 aliphatic carbocycles. The van der Waals surface area contributed by atoms with Gasteiger partial charge in [-0.2, -0.15) is 10.4 Å². The van der Waals surface area contributed by atoms with Crippen molar-refractivity contribution < 1.29 is 9.53 Å². The van der Waals surface area contributed by atoms with Gasteiger partial charge in [0.05, 0.1) is 25.0 Å². The molecule has 2 heterocycles. The molecule has 0 radical (unpaired) electrons. The first-order chi connectivity index (χ1) is 10.7. The summed E-state index contributed by atoms with van der Waals surface area (Å²) >= 11 is 0. The predicted molar refractivity (Wildman–Crippen MR) is 82.8 cm³/mol. The number of carbonyl (C=O) groups is 1. The highest BCUT2D eigenvalue weighted by atomic mass is 16.5. The average molecular weight is 298 g/mol. The fourth-order valence-electron chi connectivity index (χ4n) is 2.66. The second-order valence-electron chi connectivity index (χ2n) is 5.47. The molecule has 1 aromatic carbocycles. The zero-order valence-electron chi connectivity index (χ0n) is 12.5. The topological polar surface area (TPSA) is 68.9 Å². The Morgan fingerprint density at radius 2 is 2.14 bits per heavy atom. The van der Waals surface area contributed by atoms with Crippen molar-refractivity contribution in [2.45, 2.75) is 19.4 Å². The summed E-state index contributed by atoms with van der Waals surface area (Å²) in [4.78, 5) is 14.1. The number of carbonyl (C=O) groups excluding carboxylic acids is 1. The monoisotopic (exact) mass is 298 g/mol. The smallest absolute Gasteiger partial charge is 0.255 e. The Morgan fingerprint density at radius 3 is 2.77 bits per heavy atom. The quantitative estimate of drug-likeness (QED) is 0.832. The lowest BCUT2D eigenvalue weighted by Crippen LogP contribution is -2.47. The van der Waals surface area contributed by atoms with Crippen molar-refractivity contribution >= 4 is 17.3 Å². The zero-order valence-corrected chi connectivity index (χ0v) is 12.5. The normalized spacial score (nSPS) is 21.5. The second-order valence-corrected chi connectivity index (χ2v) is 5.47. The molecular formula is C16H18N4O2. The molecule has 1 unspecified atom stereocenters. The van der Waals surface area contributed by atoms with Gasteiger partial charge in [0.15, 0.2) is 0 Å². The Balaban J connectivity index is 1.75. The van der Waals surface area contributed by atoms with Crippen LogP contribution in [0.25, 0.3) is 0 Å². The summed E-state index contributed by atoms with van der Waals surface area (Å²) in [6.45, 7) is 4.09. The van der Waals surface area contributed by atoms with Crippen LogP contribution in [0.15, 0.2) is 29.4 Å². The summed E-state index contributed by atoms with van der Waals surface area (Å²) in [6.07, 6.45) is 0.971. The van der Waals surface area contributed by atoms with Crippen molar-refractivity contribution in [1.82, 2.24) is 4.90 Å². The summed E-state index contributed by atoms with van der Waals surface area (Å²) in [5.41, 5.74) is 2.68. The number of ether oxygens (including phenoxy) is 1. The van der Waals surface area contributed by atoms with Crippen LogP contribution < -0.4 is 5.01 Å². The largest absolute Gasteiger partial charge is 0.376 e. The Labute approximate surface area is 129 Å². The van der Waals surface area contributed by atoms with E-state index < -0.39 is 6.04 Å². The number of amides is 1. The standard InChI is InChI=1S/C16H18N4O2/c1-12-6-7-20(18-12)14-4-2-13(3-5-14)16(21)19-8-9-22-11-15(19)10-17/h2-5,15H,6-9,11H2,1H3. The van der Waals surface area contributed by atoms with E-state index in [4.69, 9.17) is 10.00 Å². The highest BCUT2D eigenvalue weighted by Gasteiger charge is 2.28. The number of benzene rings is 1. The van der Waals surface area contributed by atoms with Crippen LogP contribution in [0.3, 0.4) is 0 Å². The number of rotatable bonds is 2. The van der Waals surface area contributed by atoms with E-state index >= 15 is 0 Å². The van der Waals surface area contributed by atoms with Crippen LogP contribution in [0.4, 0.5) is 5.69 Å². The third-order valence-corrected chi connectivity index (χ3v) is 3.93.